The topological polar surface area (TPSA) is 69.2 Å². The Hall–Kier alpha value is -2.24. The zero-order chi connectivity index (χ0) is 10.8. The first kappa shape index (κ1) is 9.32. The van der Waals surface area contributed by atoms with E-state index in [1.54, 1.807) is 0 Å². The zero-order valence-electron chi connectivity index (χ0n) is 7.38. The highest BCUT2D eigenvalue weighted by Gasteiger charge is 2.13. The molecule has 15 heavy (non-hydrogen) atoms. The fourth-order valence-corrected chi connectivity index (χ4v) is 1.17. The number of benzene rings is 1. The van der Waals surface area contributed by atoms with Crippen molar-refractivity contribution in [1.82, 2.24) is 5.16 Å². The number of non-ortho nitro benzene ring substituents is 1. The van der Waals surface area contributed by atoms with Crippen molar-refractivity contribution in [2.75, 3.05) is 0 Å². The maximum Gasteiger partial charge on any atom is 0.270 e. The number of hydrogen-bond donors (Lipinski definition) is 0. The molecule has 1 heterocycles. The first-order valence-electron chi connectivity index (χ1n) is 4.03. The molecule has 5 nitrogen and oxygen atoms in total. The van der Waals surface area contributed by atoms with Gasteiger partial charge in [0.1, 0.15) is 17.8 Å². The van der Waals surface area contributed by atoms with Gasteiger partial charge in [-0.1, -0.05) is 5.16 Å². The Labute approximate surface area is 83.3 Å². The van der Waals surface area contributed by atoms with Crippen LogP contribution in [0.2, 0.25) is 0 Å². The average molecular weight is 208 g/mol. The number of rotatable bonds is 2. The number of nitro groups is 1. The monoisotopic (exact) mass is 208 g/mol. The molecule has 0 saturated carbocycles. The lowest BCUT2D eigenvalue weighted by molar-refractivity contribution is -0.384. The van der Waals surface area contributed by atoms with Crippen molar-refractivity contribution in [3.8, 4) is 11.3 Å². The molecule has 0 radical (unpaired) electrons. The van der Waals surface area contributed by atoms with Crippen LogP contribution in [-0.2, 0) is 0 Å². The summed E-state index contributed by atoms with van der Waals surface area (Å²) in [6, 6.07) is 4.68. The SMILES string of the molecule is O=[N+]([O-])c1ccc(F)c(-c2ccon2)c1. The van der Waals surface area contributed by atoms with E-state index in [2.05, 4.69) is 9.68 Å². The molecule has 6 heteroatoms. The molecule has 0 unspecified atom stereocenters. The molecule has 0 bridgehead atoms. The lowest BCUT2D eigenvalue weighted by atomic mass is 10.1. The molecule has 0 amide bonds. The van der Waals surface area contributed by atoms with E-state index in [9.17, 15) is 14.5 Å². The van der Waals surface area contributed by atoms with Gasteiger partial charge in [0.2, 0.25) is 0 Å². The van der Waals surface area contributed by atoms with E-state index in [0.29, 0.717) is 0 Å². The summed E-state index contributed by atoms with van der Waals surface area (Å²) < 4.78 is 17.8. The van der Waals surface area contributed by atoms with Gasteiger partial charge < -0.3 is 4.52 Å². The highest BCUT2D eigenvalue weighted by molar-refractivity contribution is 5.62. The summed E-state index contributed by atoms with van der Waals surface area (Å²) in [5.74, 6) is -0.575. The molecule has 0 aliphatic rings. The predicted molar refractivity (Wildman–Crippen MR) is 48.6 cm³/mol. The molecule has 1 aromatic carbocycles. The number of aromatic nitrogens is 1. The van der Waals surface area contributed by atoms with Gasteiger partial charge in [0.25, 0.3) is 5.69 Å². The van der Waals surface area contributed by atoms with Crippen molar-refractivity contribution in [2.24, 2.45) is 0 Å². The van der Waals surface area contributed by atoms with Crippen LogP contribution >= 0.6 is 0 Å². The zero-order valence-corrected chi connectivity index (χ0v) is 7.38. The van der Waals surface area contributed by atoms with Crippen molar-refractivity contribution in [3.05, 3.63) is 46.5 Å². The maximum atomic E-state index is 13.3. The minimum Gasteiger partial charge on any atom is -0.364 e. The van der Waals surface area contributed by atoms with Crippen molar-refractivity contribution in [3.63, 3.8) is 0 Å². The standard InChI is InChI=1S/C9H5FN2O3/c10-8-2-1-6(12(13)14)5-7(8)9-3-4-15-11-9/h1-5H. The van der Waals surface area contributed by atoms with Crippen molar-refractivity contribution >= 4 is 5.69 Å². The lowest BCUT2D eigenvalue weighted by Crippen LogP contribution is -1.91. The van der Waals surface area contributed by atoms with Crippen LogP contribution in [0.15, 0.2) is 35.1 Å². The van der Waals surface area contributed by atoms with E-state index in [0.717, 1.165) is 18.2 Å². The Kier molecular flexibility index (Phi) is 2.17. The van der Waals surface area contributed by atoms with Gasteiger partial charge >= 0.3 is 0 Å². The summed E-state index contributed by atoms with van der Waals surface area (Å²) in [6.45, 7) is 0. The molecule has 76 valence electrons. The lowest BCUT2D eigenvalue weighted by Gasteiger charge is -1.97. The highest BCUT2D eigenvalue weighted by atomic mass is 19.1. The van der Waals surface area contributed by atoms with E-state index >= 15 is 0 Å². The molecule has 0 atom stereocenters. The van der Waals surface area contributed by atoms with Crippen LogP contribution < -0.4 is 0 Å². The van der Waals surface area contributed by atoms with E-state index < -0.39 is 10.7 Å². The molecule has 0 saturated heterocycles. The van der Waals surface area contributed by atoms with Crippen LogP contribution in [0.1, 0.15) is 0 Å². The smallest absolute Gasteiger partial charge is 0.270 e. The average Bonchev–Trinajstić information content (AvgIpc) is 2.71. The van der Waals surface area contributed by atoms with Crippen molar-refractivity contribution in [1.29, 1.82) is 0 Å². The maximum absolute atomic E-state index is 13.3. The largest absolute Gasteiger partial charge is 0.364 e. The molecule has 0 spiro atoms. The number of nitrogens with zero attached hydrogens (tertiary/aromatic N) is 2. The summed E-state index contributed by atoms with van der Waals surface area (Å²) in [5.41, 5.74) is 0.101. The van der Waals surface area contributed by atoms with Crippen molar-refractivity contribution < 1.29 is 13.8 Å². The minimum absolute atomic E-state index is 0.0537. The first-order valence-corrected chi connectivity index (χ1v) is 4.03. The van der Waals surface area contributed by atoms with Crippen LogP contribution in [0.3, 0.4) is 0 Å². The number of hydrogen-bond acceptors (Lipinski definition) is 4. The van der Waals surface area contributed by atoms with Crippen LogP contribution in [-0.4, -0.2) is 10.1 Å². The first-order chi connectivity index (χ1) is 7.18. The second-order valence-electron chi connectivity index (χ2n) is 2.81. The summed E-state index contributed by atoms with van der Waals surface area (Å²) in [4.78, 5) is 9.88. The van der Waals surface area contributed by atoms with E-state index in [4.69, 9.17) is 0 Å². The third-order valence-electron chi connectivity index (χ3n) is 1.87. The quantitative estimate of drug-likeness (QED) is 0.561. The van der Waals surface area contributed by atoms with Crippen LogP contribution in [0.25, 0.3) is 11.3 Å². The Morgan fingerprint density at radius 2 is 2.20 bits per heavy atom. The number of halogens is 1. The fourth-order valence-electron chi connectivity index (χ4n) is 1.17. The second-order valence-corrected chi connectivity index (χ2v) is 2.81. The Bertz CT molecular complexity index is 496. The third-order valence-corrected chi connectivity index (χ3v) is 1.87. The van der Waals surface area contributed by atoms with Gasteiger partial charge in [-0.25, -0.2) is 4.39 Å². The predicted octanol–water partition coefficient (Wildman–Crippen LogP) is 2.39. The minimum atomic E-state index is -0.594. The van der Waals surface area contributed by atoms with Gasteiger partial charge in [0.05, 0.1) is 4.92 Å². The van der Waals surface area contributed by atoms with Gasteiger partial charge in [-0.3, -0.25) is 10.1 Å². The van der Waals surface area contributed by atoms with Gasteiger partial charge in [-0.15, -0.1) is 0 Å². The molecular formula is C9H5FN2O3. The van der Waals surface area contributed by atoms with E-state index in [1.807, 2.05) is 0 Å². The summed E-state index contributed by atoms with van der Waals surface area (Å²) in [7, 11) is 0. The summed E-state index contributed by atoms with van der Waals surface area (Å²) in [5, 5.41) is 14.0. The van der Waals surface area contributed by atoms with Crippen LogP contribution in [0.5, 0.6) is 0 Å². The second kappa shape index (κ2) is 3.49. The Morgan fingerprint density at radius 3 is 2.80 bits per heavy atom. The van der Waals surface area contributed by atoms with Gasteiger partial charge in [0.15, 0.2) is 0 Å². The Balaban J connectivity index is 2.55. The van der Waals surface area contributed by atoms with Crippen LogP contribution in [0, 0.1) is 15.9 Å². The van der Waals surface area contributed by atoms with Gasteiger partial charge in [-0.2, -0.15) is 0 Å². The van der Waals surface area contributed by atoms with Gasteiger partial charge in [-0.05, 0) is 6.07 Å². The molecule has 0 fully saturated rings. The molecule has 0 aliphatic heterocycles. The normalized spacial score (nSPS) is 10.2. The third kappa shape index (κ3) is 1.69. The molecule has 0 aliphatic carbocycles. The van der Waals surface area contributed by atoms with Gasteiger partial charge in [0, 0.05) is 23.8 Å². The molecule has 2 aromatic rings. The molecular weight excluding hydrogens is 203 g/mol. The van der Waals surface area contributed by atoms with Crippen molar-refractivity contribution in [2.45, 2.75) is 0 Å². The Morgan fingerprint density at radius 1 is 1.40 bits per heavy atom. The summed E-state index contributed by atoms with van der Waals surface area (Å²) in [6.07, 6.45) is 1.27. The molecule has 0 N–H and O–H groups in total. The van der Waals surface area contributed by atoms with E-state index in [1.165, 1.54) is 12.3 Å². The molecule has 2 rings (SSSR count). The number of nitro benzene ring substituents is 1. The highest BCUT2D eigenvalue weighted by Crippen LogP contribution is 2.25. The fraction of sp³-hybridized carbons (Fsp3) is 0. The summed E-state index contributed by atoms with van der Waals surface area (Å²) >= 11 is 0. The van der Waals surface area contributed by atoms with E-state index in [-0.39, 0.29) is 16.9 Å². The molecule has 1 aromatic heterocycles. The van der Waals surface area contributed by atoms with Crippen LogP contribution in [0.4, 0.5) is 10.1 Å².